The minimum absolute atomic E-state index is 0.0266. The number of carboxylic acid groups (broad SMARTS) is 1. The van der Waals surface area contributed by atoms with Crippen molar-refractivity contribution in [2.24, 2.45) is 0 Å². The van der Waals surface area contributed by atoms with Crippen LogP contribution in [0.2, 0.25) is 0 Å². The molecule has 0 radical (unpaired) electrons. The van der Waals surface area contributed by atoms with Crippen LogP contribution in [0.4, 0.5) is 10.5 Å². The normalized spacial score (nSPS) is 18.3. The van der Waals surface area contributed by atoms with E-state index in [0.29, 0.717) is 13.0 Å². The van der Waals surface area contributed by atoms with E-state index in [9.17, 15) is 9.59 Å². The fourth-order valence-corrected chi connectivity index (χ4v) is 2.95. The summed E-state index contributed by atoms with van der Waals surface area (Å²) in [6.45, 7) is 0.695. The maximum absolute atomic E-state index is 12.4. The fourth-order valence-electron chi connectivity index (χ4n) is 2.59. The average molecular weight is 402 g/mol. The second-order valence-electron chi connectivity index (χ2n) is 5.21. The highest BCUT2D eigenvalue weighted by atomic mass is 127. The summed E-state index contributed by atoms with van der Waals surface area (Å²) >= 11 is 2.21. The Morgan fingerprint density at radius 1 is 1.29 bits per heavy atom. The van der Waals surface area contributed by atoms with Crippen molar-refractivity contribution in [2.45, 2.75) is 38.1 Å². The molecule has 0 saturated carbocycles. The third-order valence-electron chi connectivity index (χ3n) is 3.67. The van der Waals surface area contributed by atoms with Crippen LogP contribution in [0.3, 0.4) is 0 Å². The quantitative estimate of drug-likeness (QED) is 0.757. The first-order valence-corrected chi connectivity index (χ1v) is 8.19. The van der Waals surface area contributed by atoms with Crippen LogP contribution in [0.1, 0.15) is 32.1 Å². The predicted molar refractivity (Wildman–Crippen MR) is 89.4 cm³/mol. The summed E-state index contributed by atoms with van der Waals surface area (Å²) in [7, 11) is 0. The number of rotatable bonds is 4. The van der Waals surface area contributed by atoms with Crippen molar-refractivity contribution >= 4 is 40.3 Å². The molecule has 1 aliphatic rings. The maximum Gasteiger partial charge on any atom is 0.322 e. The van der Waals surface area contributed by atoms with Crippen molar-refractivity contribution < 1.29 is 14.7 Å². The smallest absolute Gasteiger partial charge is 0.322 e. The van der Waals surface area contributed by atoms with Crippen molar-refractivity contribution in [1.82, 2.24) is 4.90 Å². The topological polar surface area (TPSA) is 69.6 Å². The molecule has 6 heteroatoms. The van der Waals surface area contributed by atoms with Crippen molar-refractivity contribution in [3.05, 3.63) is 27.8 Å². The summed E-state index contributed by atoms with van der Waals surface area (Å²) < 4.78 is 1.11. The summed E-state index contributed by atoms with van der Waals surface area (Å²) in [5.74, 6) is -0.807. The summed E-state index contributed by atoms with van der Waals surface area (Å²) in [6, 6.07) is 7.51. The molecule has 0 spiro atoms. The lowest BCUT2D eigenvalue weighted by molar-refractivity contribution is -0.137. The monoisotopic (exact) mass is 402 g/mol. The van der Waals surface area contributed by atoms with Crippen LogP contribution in [-0.2, 0) is 4.79 Å². The lowest BCUT2D eigenvalue weighted by Crippen LogP contribution is -2.46. The first-order valence-electron chi connectivity index (χ1n) is 7.11. The summed E-state index contributed by atoms with van der Waals surface area (Å²) in [4.78, 5) is 24.9. The van der Waals surface area contributed by atoms with E-state index in [1.54, 1.807) is 4.90 Å². The lowest BCUT2D eigenvalue weighted by atomic mass is 9.98. The zero-order valence-electron chi connectivity index (χ0n) is 11.7. The largest absolute Gasteiger partial charge is 0.481 e. The van der Waals surface area contributed by atoms with Crippen LogP contribution >= 0.6 is 22.6 Å². The second kappa shape index (κ2) is 7.63. The molecule has 1 aromatic rings. The van der Waals surface area contributed by atoms with Gasteiger partial charge in [0.2, 0.25) is 0 Å². The Labute approximate surface area is 137 Å². The van der Waals surface area contributed by atoms with Gasteiger partial charge in [0.1, 0.15) is 0 Å². The van der Waals surface area contributed by atoms with E-state index in [0.717, 1.165) is 28.5 Å². The van der Waals surface area contributed by atoms with Crippen molar-refractivity contribution in [2.75, 3.05) is 11.9 Å². The van der Waals surface area contributed by atoms with Gasteiger partial charge in [-0.15, -0.1) is 0 Å². The highest BCUT2D eigenvalue weighted by molar-refractivity contribution is 14.1. The highest BCUT2D eigenvalue weighted by Gasteiger charge is 2.27. The number of nitrogens with zero attached hydrogens (tertiary/aromatic N) is 1. The Hall–Kier alpha value is -1.31. The molecule has 1 aliphatic heterocycles. The number of carboxylic acids is 1. The highest BCUT2D eigenvalue weighted by Crippen LogP contribution is 2.22. The number of hydrogen-bond donors (Lipinski definition) is 2. The molecule has 1 aromatic carbocycles. The summed E-state index contributed by atoms with van der Waals surface area (Å²) in [6.07, 6.45) is 3.54. The van der Waals surface area contributed by atoms with Crippen LogP contribution < -0.4 is 5.32 Å². The molecule has 21 heavy (non-hydrogen) atoms. The van der Waals surface area contributed by atoms with E-state index in [-0.39, 0.29) is 18.5 Å². The molecule has 1 unspecified atom stereocenters. The van der Waals surface area contributed by atoms with E-state index >= 15 is 0 Å². The molecule has 1 atom stereocenters. The van der Waals surface area contributed by atoms with Gasteiger partial charge < -0.3 is 15.3 Å². The van der Waals surface area contributed by atoms with E-state index in [1.165, 1.54) is 0 Å². The molecule has 0 aromatic heterocycles. The van der Waals surface area contributed by atoms with Gasteiger partial charge in [0.15, 0.2) is 0 Å². The first-order chi connectivity index (χ1) is 10.1. The Morgan fingerprint density at radius 2 is 2.00 bits per heavy atom. The molecule has 2 amide bonds. The van der Waals surface area contributed by atoms with E-state index in [1.807, 2.05) is 24.3 Å². The number of aliphatic carboxylic acids is 1. The third-order valence-corrected chi connectivity index (χ3v) is 4.39. The van der Waals surface area contributed by atoms with Gasteiger partial charge in [-0.1, -0.05) is 0 Å². The molecule has 1 fully saturated rings. The van der Waals surface area contributed by atoms with Gasteiger partial charge in [-0.25, -0.2) is 4.79 Å². The third kappa shape index (κ3) is 4.87. The number of benzene rings is 1. The van der Waals surface area contributed by atoms with Gasteiger partial charge >= 0.3 is 12.0 Å². The number of nitrogens with one attached hydrogen (secondary N) is 1. The zero-order valence-corrected chi connectivity index (χ0v) is 13.9. The Bertz CT molecular complexity index is 504. The molecule has 1 heterocycles. The van der Waals surface area contributed by atoms with Gasteiger partial charge in [0, 0.05) is 28.3 Å². The fraction of sp³-hybridized carbons (Fsp3) is 0.467. The minimum Gasteiger partial charge on any atom is -0.481 e. The van der Waals surface area contributed by atoms with Crippen molar-refractivity contribution in [3.8, 4) is 0 Å². The van der Waals surface area contributed by atoms with E-state index in [4.69, 9.17) is 5.11 Å². The van der Waals surface area contributed by atoms with Crippen LogP contribution in [0.15, 0.2) is 24.3 Å². The minimum atomic E-state index is -0.807. The van der Waals surface area contributed by atoms with Gasteiger partial charge in [0.05, 0.1) is 0 Å². The van der Waals surface area contributed by atoms with Gasteiger partial charge in [0.25, 0.3) is 0 Å². The maximum atomic E-state index is 12.4. The number of hydrogen-bond acceptors (Lipinski definition) is 2. The number of likely N-dealkylation sites (tertiary alicyclic amines) is 1. The lowest BCUT2D eigenvalue weighted by Gasteiger charge is -2.35. The van der Waals surface area contributed by atoms with E-state index < -0.39 is 5.97 Å². The Kier molecular flexibility index (Phi) is 5.84. The number of halogens is 1. The number of amides is 2. The molecule has 5 nitrogen and oxygen atoms in total. The Morgan fingerprint density at radius 3 is 2.67 bits per heavy atom. The van der Waals surface area contributed by atoms with Gasteiger partial charge in [-0.3, -0.25) is 4.79 Å². The van der Waals surface area contributed by atoms with Crippen LogP contribution in [0, 0.1) is 3.57 Å². The Balaban J connectivity index is 1.97. The number of piperidine rings is 1. The molecular weight excluding hydrogens is 383 g/mol. The average Bonchev–Trinajstić information content (AvgIpc) is 2.47. The van der Waals surface area contributed by atoms with Crippen LogP contribution in [0.5, 0.6) is 0 Å². The van der Waals surface area contributed by atoms with Crippen molar-refractivity contribution in [3.63, 3.8) is 0 Å². The SMILES string of the molecule is O=C(O)CCC1CCCCN1C(=O)Nc1ccc(I)cc1. The van der Waals surface area contributed by atoms with Crippen LogP contribution in [0.25, 0.3) is 0 Å². The molecule has 2 rings (SSSR count). The molecule has 0 bridgehead atoms. The number of urea groups is 1. The second-order valence-corrected chi connectivity index (χ2v) is 6.46. The number of anilines is 1. The van der Waals surface area contributed by atoms with Gasteiger partial charge in [-0.05, 0) is 72.5 Å². The summed E-state index contributed by atoms with van der Waals surface area (Å²) in [5.41, 5.74) is 0.767. The van der Waals surface area contributed by atoms with Crippen LogP contribution in [-0.4, -0.2) is 34.6 Å². The molecular formula is C15H19IN2O3. The zero-order chi connectivity index (χ0) is 15.2. The van der Waals surface area contributed by atoms with Gasteiger partial charge in [-0.2, -0.15) is 0 Å². The molecule has 1 saturated heterocycles. The van der Waals surface area contributed by atoms with Crippen molar-refractivity contribution in [1.29, 1.82) is 0 Å². The summed E-state index contributed by atoms with van der Waals surface area (Å²) in [5, 5.41) is 11.7. The molecule has 0 aliphatic carbocycles. The van der Waals surface area contributed by atoms with E-state index in [2.05, 4.69) is 27.9 Å². The predicted octanol–water partition coefficient (Wildman–Crippen LogP) is 3.54. The number of carbonyl (C=O) groups is 2. The molecule has 2 N–H and O–H groups in total. The first kappa shape index (κ1) is 16.1. The molecule has 114 valence electrons. The number of carbonyl (C=O) groups excluding carboxylic acids is 1. The standard InChI is InChI=1S/C15H19IN2O3/c16-11-4-6-12(7-5-11)17-15(21)18-10-2-1-3-13(18)8-9-14(19)20/h4-7,13H,1-3,8-10H2,(H,17,21)(H,19,20).